The van der Waals surface area contributed by atoms with Crippen LogP contribution in [0.2, 0.25) is 0 Å². The van der Waals surface area contributed by atoms with Crippen molar-refractivity contribution in [1.29, 1.82) is 0 Å². The van der Waals surface area contributed by atoms with Crippen LogP contribution in [0, 0.1) is 0 Å². The van der Waals surface area contributed by atoms with Gasteiger partial charge in [0.15, 0.2) is 11.9 Å². The van der Waals surface area contributed by atoms with E-state index < -0.39 is 177 Å². The normalized spacial score (nSPS) is 42.4. The zero-order valence-corrected chi connectivity index (χ0v) is 33.2. The van der Waals surface area contributed by atoms with Gasteiger partial charge in [-0.15, -0.1) is 0 Å². The van der Waals surface area contributed by atoms with Crippen molar-refractivity contribution >= 4 is 11.9 Å². The van der Waals surface area contributed by atoms with Crippen molar-refractivity contribution in [3.63, 3.8) is 0 Å². The van der Waals surface area contributed by atoms with E-state index >= 15 is 0 Å². The monoisotopic (exact) mass is 922 g/mol. The maximum absolute atomic E-state index is 14.7. The van der Waals surface area contributed by atoms with Crippen LogP contribution in [0.5, 0.6) is 5.75 Å². The quantitative estimate of drug-likeness (QED) is 0.0448. The van der Waals surface area contributed by atoms with E-state index in [-0.39, 0.29) is 5.56 Å². The number of rotatable bonds is 15. The van der Waals surface area contributed by atoms with Crippen LogP contribution >= 0.6 is 0 Å². The van der Waals surface area contributed by atoms with E-state index in [2.05, 4.69) is 0 Å². The Hall–Kier alpha value is -3.50. The van der Waals surface area contributed by atoms with Crippen LogP contribution < -0.4 is 4.74 Å². The highest BCUT2D eigenvalue weighted by atomic mass is 16.9. The Balaban J connectivity index is 1.58. The molecule has 4 fully saturated rings. The first-order valence-corrected chi connectivity index (χ1v) is 19.5. The summed E-state index contributed by atoms with van der Waals surface area (Å²) in [4.78, 5) is 28.6. The molecule has 0 saturated carbocycles. The molecule has 0 aliphatic carbocycles. The Morgan fingerprint density at radius 1 is 0.500 bits per heavy atom. The number of aliphatic hydroxyl groups excluding tert-OH is 16. The minimum Gasteiger partial charge on any atom is -0.421 e. The summed E-state index contributed by atoms with van der Waals surface area (Å²) >= 11 is 0. The fourth-order valence-corrected chi connectivity index (χ4v) is 7.80. The van der Waals surface area contributed by atoms with Crippen LogP contribution in [0.4, 0.5) is 0 Å². The van der Waals surface area contributed by atoms with Crippen LogP contribution in [-0.4, -0.2) is 236 Å². The van der Waals surface area contributed by atoms with Gasteiger partial charge in [0.05, 0.1) is 37.6 Å². The molecule has 64 heavy (non-hydrogen) atoms. The number of aliphatic hydroxyl groups is 16. The van der Waals surface area contributed by atoms with Gasteiger partial charge in [-0.05, 0) is 24.3 Å². The SMILES string of the molecule is O=C(Oc1c(C(=O)O[C@@]2(OC3(CO)O[C@H](CO)[C@@H](O)[C@@H]3O)O[C@H](CO)[C@@H](O)[C@H](O)[C@H]2O)cccc1[C@@]1(OC2(CO)O[C@H](CO)[C@@H](O)[C@@H]2O)O[C@H](CO)[C@@H](O)[C@H](O)[C@H]1O)c1ccccc1. The molecule has 4 saturated heterocycles. The summed E-state index contributed by atoms with van der Waals surface area (Å²) in [7, 11) is 0. The van der Waals surface area contributed by atoms with Gasteiger partial charge in [0.2, 0.25) is 17.4 Å². The molecule has 2 aromatic carbocycles. The number of ether oxygens (including phenoxy) is 8. The zero-order chi connectivity index (χ0) is 47.1. The van der Waals surface area contributed by atoms with Crippen LogP contribution in [0.1, 0.15) is 26.3 Å². The highest BCUT2D eigenvalue weighted by Gasteiger charge is 2.68. The summed E-state index contributed by atoms with van der Waals surface area (Å²) in [5.41, 5.74) is -2.19. The van der Waals surface area contributed by atoms with Crippen molar-refractivity contribution < 1.29 is 129 Å². The Kier molecular flexibility index (Phi) is 15.1. The largest absolute Gasteiger partial charge is 0.421 e. The molecule has 0 amide bonds. The van der Waals surface area contributed by atoms with E-state index in [1.165, 1.54) is 30.3 Å². The first kappa shape index (κ1) is 49.9. The lowest BCUT2D eigenvalue weighted by atomic mass is 9.86. The van der Waals surface area contributed by atoms with Gasteiger partial charge in [0.1, 0.15) is 98.1 Å². The van der Waals surface area contributed by atoms with E-state index in [0.29, 0.717) is 0 Å². The van der Waals surface area contributed by atoms with Crippen molar-refractivity contribution in [3.8, 4) is 5.75 Å². The second-order valence-electron chi connectivity index (χ2n) is 15.3. The van der Waals surface area contributed by atoms with Gasteiger partial charge in [-0.3, -0.25) is 4.74 Å². The predicted octanol–water partition coefficient (Wildman–Crippen LogP) is -8.55. The fourth-order valence-electron chi connectivity index (χ4n) is 7.80. The summed E-state index contributed by atoms with van der Waals surface area (Å²) in [6.07, 6.45) is -31.0. The summed E-state index contributed by atoms with van der Waals surface area (Å²) in [5, 5.41) is 171. The molecule has 0 radical (unpaired) electrons. The van der Waals surface area contributed by atoms with Gasteiger partial charge < -0.3 is 115 Å². The average molecular weight is 923 g/mol. The van der Waals surface area contributed by atoms with Crippen LogP contribution in [0.15, 0.2) is 48.5 Å². The lowest BCUT2D eigenvalue weighted by Gasteiger charge is -2.51. The summed E-state index contributed by atoms with van der Waals surface area (Å²) < 4.78 is 45.2. The number of carbonyl (C=O) groups is 2. The molecular weight excluding hydrogens is 872 g/mol. The Bertz CT molecular complexity index is 1920. The molecule has 18 atom stereocenters. The van der Waals surface area contributed by atoms with Gasteiger partial charge >= 0.3 is 17.9 Å². The van der Waals surface area contributed by atoms with Gasteiger partial charge in [0, 0.05) is 0 Å². The molecule has 26 heteroatoms. The highest BCUT2D eigenvalue weighted by Crippen LogP contribution is 2.50. The zero-order valence-electron chi connectivity index (χ0n) is 33.2. The molecule has 4 heterocycles. The van der Waals surface area contributed by atoms with Crippen molar-refractivity contribution in [2.24, 2.45) is 0 Å². The molecular formula is C38H50O26. The topological polar surface area (TPSA) is 432 Å². The predicted molar refractivity (Wildman–Crippen MR) is 197 cm³/mol. The third kappa shape index (κ3) is 8.43. The fraction of sp³-hybridized carbons (Fsp3) is 0.632. The smallest absolute Gasteiger partial charge is 0.362 e. The minimum absolute atomic E-state index is 0.237. The van der Waals surface area contributed by atoms with Gasteiger partial charge in [-0.1, -0.05) is 24.3 Å². The van der Waals surface area contributed by atoms with E-state index in [9.17, 15) is 91.3 Å². The lowest BCUT2D eigenvalue weighted by Crippen LogP contribution is -2.70. The third-order valence-corrected chi connectivity index (χ3v) is 11.4. The molecule has 6 rings (SSSR count). The molecule has 4 aliphatic heterocycles. The Labute approximate surface area is 360 Å². The standard InChI is InChI=1S/C38H50O26/c39-9-18-22(45)26(49)31(53)37(60-18,63-35(13-43)29(51)24(47)20(11-41)58-35)17-8-4-7-16(28(17)57-33(55)15-5-2-1-3-6-15)34(56)62-38(32(54)27(50)23(46)19(10-40)61-38)64-36(14-44)30(52)25(48)21(12-42)59-36/h1-8,18-27,29-32,39-54H,9-14H2/t18-,19-,20-,21-,22-,23-,24-,25-,26+,27+,29+,30+,31-,32-,35?,36?,37+,38+/m1/s1. The number of carbonyl (C=O) groups excluding carboxylic acids is 2. The molecule has 4 aliphatic rings. The van der Waals surface area contributed by atoms with Crippen LogP contribution in [-0.2, 0) is 38.9 Å². The van der Waals surface area contributed by atoms with Gasteiger partial charge in [-0.2, -0.15) is 0 Å². The maximum Gasteiger partial charge on any atom is 0.362 e. The van der Waals surface area contributed by atoms with Crippen molar-refractivity contribution in [3.05, 3.63) is 65.2 Å². The third-order valence-electron chi connectivity index (χ3n) is 11.4. The van der Waals surface area contributed by atoms with Crippen molar-refractivity contribution in [1.82, 2.24) is 0 Å². The van der Waals surface area contributed by atoms with Crippen LogP contribution in [0.25, 0.3) is 0 Å². The Morgan fingerprint density at radius 2 is 0.984 bits per heavy atom. The molecule has 2 aromatic rings. The minimum atomic E-state index is -3.65. The number of hydrogen-bond donors (Lipinski definition) is 16. The second kappa shape index (κ2) is 19.4. The van der Waals surface area contributed by atoms with Crippen molar-refractivity contribution in [2.75, 3.05) is 39.6 Å². The lowest BCUT2D eigenvalue weighted by molar-refractivity contribution is -0.496. The number of hydrogen-bond acceptors (Lipinski definition) is 26. The number of esters is 2. The molecule has 0 aromatic heterocycles. The summed E-state index contributed by atoms with van der Waals surface area (Å²) in [5.74, 6) is -17.3. The number of para-hydroxylation sites is 1. The molecule has 0 spiro atoms. The van der Waals surface area contributed by atoms with Crippen molar-refractivity contribution in [2.45, 2.75) is 109 Å². The Morgan fingerprint density at radius 3 is 1.48 bits per heavy atom. The van der Waals surface area contributed by atoms with Crippen LogP contribution in [0.3, 0.4) is 0 Å². The first-order valence-electron chi connectivity index (χ1n) is 19.5. The van der Waals surface area contributed by atoms with E-state index in [0.717, 1.165) is 18.2 Å². The summed E-state index contributed by atoms with van der Waals surface area (Å²) in [6.45, 7) is -7.39. The molecule has 0 bridgehead atoms. The van der Waals surface area contributed by atoms with E-state index in [1.807, 2.05) is 0 Å². The molecule has 16 N–H and O–H groups in total. The van der Waals surface area contributed by atoms with E-state index in [1.54, 1.807) is 0 Å². The molecule has 26 nitrogen and oxygen atoms in total. The second-order valence-corrected chi connectivity index (χ2v) is 15.3. The summed E-state index contributed by atoms with van der Waals surface area (Å²) in [6, 6.07) is 9.39. The molecule has 2 unspecified atom stereocenters. The highest BCUT2D eigenvalue weighted by molar-refractivity contribution is 5.97. The number of benzene rings is 2. The van der Waals surface area contributed by atoms with Gasteiger partial charge in [0.25, 0.3) is 0 Å². The maximum atomic E-state index is 14.7. The average Bonchev–Trinajstić information content (AvgIpc) is 3.69. The first-order chi connectivity index (χ1) is 30.3. The molecule has 358 valence electrons. The van der Waals surface area contributed by atoms with E-state index in [4.69, 9.17) is 37.9 Å². The van der Waals surface area contributed by atoms with Gasteiger partial charge in [-0.25, -0.2) is 9.59 Å².